The van der Waals surface area contributed by atoms with Crippen molar-refractivity contribution in [3.8, 4) is 11.6 Å². The molecule has 0 atom stereocenters. The van der Waals surface area contributed by atoms with Crippen molar-refractivity contribution in [3.05, 3.63) is 24.8 Å². The minimum Gasteiger partial charge on any atom is -0.224 e. The number of unbranched alkanes of at least 4 members (excludes halogenated alkanes) is 7. The summed E-state index contributed by atoms with van der Waals surface area (Å²) in [6.45, 7) is 13.3. The monoisotopic (exact) mass is 374 g/mol. The van der Waals surface area contributed by atoms with Gasteiger partial charge in [-0.05, 0) is 39.5 Å². The third-order valence-electron chi connectivity index (χ3n) is 5.58. The lowest BCUT2D eigenvalue weighted by Crippen LogP contribution is -2.42. The summed E-state index contributed by atoms with van der Waals surface area (Å²) in [6.07, 6.45) is 21.0. The topological polar surface area (TPSA) is 17.6 Å². The molecule has 0 aliphatic heterocycles. The second-order valence-electron chi connectivity index (χ2n) is 7.68. The summed E-state index contributed by atoms with van der Waals surface area (Å²) in [7, 11) is 0. The third kappa shape index (κ3) is 5.95. The molecule has 2 heterocycles. The molecule has 0 fully saturated rings. The van der Waals surface area contributed by atoms with E-state index in [1.54, 1.807) is 0 Å². The maximum atomic E-state index is 2.49. The molecule has 0 unspecified atom stereocenters. The van der Waals surface area contributed by atoms with Gasteiger partial charge >= 0.3 is 11.6 Å². The molecule has 2 aromatic rings. The fourth-order valence-electron chi connectivity index (χ4n) is 3.91. The van der Waals surface area contributed by atoms with Gasteiger partial charge in [0.2, 0.25) is 0 Å². The van der Waals surface area contributed by atoms with Crippen molar-refractivity contribution in [2.75, 3.05) is 0 Å². The first-order chi connectivity index (χ1) is 13.3. The Morgan fingerprint density at radius 2 is 1.00 bits per heavy atom. The largest absolute Gasteiger partial charge is 0.373 e. The highest BCUT2D eigenvalue weighted by atomic mass is 15.2. The lowest BCUT2D eigenvalue weighted by atomic mass is 10.1. The molecule has 0 bridgehead atoms. The van der Waals surface area contributed by atoms with Crippen LogP contribution in [0.15, 0.2) is 24.8 Å². The number of aromatic nitrogens is 4. The number of hydrogen-bond donors (Lipinski definition) is 0. The van der Waals surface area contributed by atoms with Gasteiger partial charge in [0.15, 0.2) is 0 Å². The van der Waals surface area contributed by atoms with Crippen LogP contribution in [0.3, 0.4) is 0 Å². The van der Waals surface area contributed by atoms with E-state index in [1.807, 2.05) is 0 Å². The summed E-state index contributed by atoms with van der Waals surface area (Å²) in [4.78, 5) is 0. The van der Waals surface area contributed by atoms with Crippen LogP contribution in [0.1, 0.15) is 85.5 Å². The highest BCUT2D eigenvalue weighted by Crippen LogP contribution is 2.15. The first kappa shape index (κ1) is 21.7. The molecule has 0 N–H and O–H groups in total. The van der Waals surface area contributed by atoms with E-state index in [0.717, 1.165) is 26.2 Å². The van der Waals surface area contributed by atoms with Gasteiger partial charge in [0, 0.05) is 0 Å². The predicted octanol–water partition coefficient (Wildman–Crippen LogP) is 5.12. The van der Waals surface area contributed by atoms with Crippen LogP contribution in [-0.2, 0) is 26.2 Å². The lowest BCUT2D eigenvalue weighted by molar-refractivity contribution is -0.715. The standard InChI is InChI=1S/C23H42N4/c1-5-9-11-13-15-17-27-21-19-25(8-4)23(27)22-24(7-3)18-20-26(22)16-14-12-10-6-2/h18-21H,5-17H2,1-4H3/q+2. The molecule has 0 spiro atoms. The summed E-state index contributed by atoms with van der Waals surface area (Å²) in [5.41, 5.74) is 0. The van der Waals surface area contributed by atoms with E-state index in [2.05, 4.69) is 70.8 Å². The van der Waals surface area contributed by atoms with Gasteiger partial charge in [0.25, 0.3) is 0 Å². The number of hydrogen-bond acceptors (Lipinski definition) is 0. The summed E-state index contributed by atoms with van der Waals surface area (Å²) < 4.78 is 9.79. The molecule has 2 aromatic heterocycles. The zero-order chi connectivity index (χ0) is 19.5. The normalized spacial score (nSPS) is 11.4. The van der Waals surface area contributed by atoms with Crippen molar-refractivity contribution in [3.63, 3.8) is 0 Å². The molecule has 0 aliphatic carbocycles. The predicted molar refractivity (Wildman–Crippen MR) is 112 cm³/mol. The second kappa shape index (κ2) is 12.0. The fourth-order valence-corrected chi connectivity index (χ4v) is 3.91. The van der Waals surface area contributed by atoms with E-state index in [9.17, 15) is 0 Å². The van der Waals surface area contributed by atoms with Crippen molar-refractivity contribution in [2.45, 2.75) is 112 Å². The number of nitrogens with zero attached hydrogens (tertiary/aromatic N) is 4. The number of imidazole rings is 2. The molecule has 4 nitrogen and oxygen atoms in total. The molecule has 0 radical (unpaired) electrons. The van der Waals surface area contributed by atoms with Gasteiger partial charge in [-0.2, -0.15) is 0 Å². The molecule has 0 aromatic carbocycles. The molecule has 0 saturated carbocycles. The quantitative estimate of drug-likeness (QED) is 0.322. The minimum atomic E-state index is 1.02. The molecule has 152 valence electrons. The van der Waals surface area contributed by atoms with Gasteiger partial charge in [-0.3, -0.25) is 0 Å². The van der Waals surface area contributed by atoms with E-state index >= 15 is 0 Å². The van der Waals surface area contributed by atoms with E-state index in [4.69, 9.17) is 0 Å². The maximum absolute atomic E-state index is 2.49. The second-order valence-corrected chi connectivity index (χ2v) is 7.68. The third-order valence-corrected chi connectivity index (χ3v) is 5.58. The van der Waals surface area contributed by atoms with Crippen molar-refractivity contribution in [1.82, 2.24) is 9.13 Å². The molecular formula is C23H42N4+2. The highest BCUT2D eigenvalue weighted by molar-refractivity contribution is 5.36. The molecular weight excluding hydrogens is 332 g/mol. The van der Waals surface area contributed by atoms with Gasteiger partial charge in [-0.1, -0.05) is 46.0 Å². The Balaban J connectivity index is 2.21. The Morgan fingerprint density at radius 1 is 0.593 bits per heavy atom. The summed E-state index contributed by atoms with van der Waals surface area (Å²) >= 11 is 0. The van der Waals surface area contributed by atoms with Gasteiger partial charge in [-0.15, -0.1) is 0 Å². The summed E-state index contributed by atoms with van der Waals surface area (Å²) in [5, 5.41) is 0. The first-order valence-corrected chi connectivity index (χ1v) is 11.4. The van der Waals surface area contributed by atoms with E-state index in [-0.39, 0.29) is 0 Å². The van der Waals surface area contributed by atoms with Crippen LogP contribution in [0.4, 0.5) is 0 Å². The Hall–Kier alpha value is -1.58. The molecule has 0 saturated heterocycles. The average Bonchev–Trinajstić information content (AvgIpc) is 3.27. The Bertz CT molecular complexity index is 653. The zero-order valence-electron chi connectivity index (χ0n) is 18.3. The van der Waals surface area contributed by atoms with Crippen molar-refractivity contribution in [1.29, 1.82) is 0 Å². The summed E-state index contributed by atoms with van der Waals surface area (Å²) in [5.74, 6) is 2.74. The molecule has 27 heavy (non-hydrogen) atoms. The van der Waals surface area contributed by atoms with Gasteiger partial charge in [0.1, 0.15) is 24.8 Å². The molecule has 0 amide bonds. The first-order valence-electron chi connectivity index (χ1n) is 11.4. The van der Waals surface area contributed by atoms with Crippen LogP contribution >= 0.6 is 0 Å². The lowest BCUT2D eigenvalue weighted by Gasteiger charge is -2.06. The van der Waals surface area contributed by atoms with Crippen LogP contribution in [0.2, 0.25) is 0 Å². The Morgan fingerprint density at radius 3 is 1.41 bits per heavy atom. The van der Waals surface area contributed by atoms with Gasteiger partial charge in [0.05, 0.1) is 26.2 Å². The van der Waals surface area contributed by atoms with Crippen molar-refractivity contribution >= 4 is 0 Å². The van der Waals surface area contributed by atoms with Crippen LogP contribution < -0.4 is 9.13 Å². The minimum absolute atomic E-state index is 1.02. The Labute approximate surface area is 166 Å². The van der Waals surface area contributed by atoms with Crippen LogP contribution in [0, 0.1) is 0 Å². The molecule has 0 aliphatic rings. The van der Waals surface area contributed by atoms with Gasteiger partial charge in [-0.25, -0.2) is 18.3 Å². The van der Waals surface area contributed by atoms with E-state index in [1.165, 1.54) is 69.4 Å². The van der Waals surface area contributed by atoms with Crippen molar-refractivity contribution in [2.24, 2.45) is 0 Å². The smallest absolute Gasteiger partial charge is 0.224 e. The van der Waals surface area contributed by atoms with E-state index < -0.39 is 0 Å². The molecule has 4 heteroatoms. The van der Waals surface area contributed by atoms with E-state index in [0.29, 0.717) is 0 Å². The fraction of sp³-hybridized carbons (Fsp3) is 0.739. The Kier molecular flexibility index (Phi) is 9.65. The molecule has 2 rings (SSSR count). The maximum Gasteiger partial charge on any atom is 0.373 e. The van der Waals surface area contributed by atoms with Crippen LogP contribution in [-0.4, -0.2) is 9.13 Å². The average molecular weight is 375 g/mol. The SMILES string of the molecule is CCCCCCC[n+]1ccn(CC)c1-c1n(CC)cc[n+]1CCCCCC. The number of aryl methyl sites for hydroxylation is 4. The highest BCUT2D eigenvalue weighted by Gasteiger charge is 2.31. The zero-order valence-corrected chi connectivity index (χ0v) is 18.3. The van der Waals surface area contributed by atoms with Gasteiger partial charge < -0.3 is 0 Å². The van der Waals surface area contributed by atoms with Crippen LogP contribution in [0.25, 0.3) is 11.6 Å². The summed E-state index contributed by atoms with van der Waals surface area (Å²) in [6, 6.07) is 0. The van der Waals surface area contributed by atoms with Crippen molar-refractivity contribution < 1.29 is 9.13 Å². The number of rotatable bonds is 14. The van der Waals surface area contributed by atoms with Crippen LogP contribution in [0.5, 0.6) is 0 Å².